The molecule has 0 bridgehead atoms. The van der Waals surface area contributed by atoms with Gasteiger partial charge < -0.3 is 5.11 Å². The fourth-order valence-corrected chi connectivity index (χ4v) is 2.77. The lowest BCUT2D eigenvalue weighted by Crippen LogP contribution is -2.12. The minimum atomic E-state index is -0.430. The lowest BCUT2D eigenvalue weighted by Gasteiger charge is -2.21. The second-order valence-electron chi connectivity index (χ2n) is 5.16. The topological polar surface area (TPSA) is 38.1 Å². The predicted molar refractivity (Wildman–Crippen MR) is 71.4 cm³/mol. The number of halogens is 1. The van der Waals surface area contributed by atoms with Crippen molar-refractivity contribution in [3.05, 3.63) is 36.4 Å². The monoisotopic (exact) mass is 260 g/mol. The van der Waals surface area contributed by atoms with Crippen molar-refractivity contribution < 1.29 is 9.50 Å². The van der Waals surface area contributed by atoms with Crippen molar-refractivity contribution in [1.29, 1.82) is 0 Å². The average Bonchev–Trinajstić information content (AvgIpc) is 2.89. The Hall–Kier alpha value is -1.84. The molecule has 0 amide bonds. The summed E-state index contributed by atoms with van der Waals surface area (Å²) in [6.45, 7) is 0. The molecule has 1 aliphatic rings. The summed E-state index contributed by atoms with van der Waals surface area (Å²) < 4.78 is 15.0. The molecule has 3 rings (SSSR count). The van der Waals surface area contributed by atoms with Gasteiger partial charge in [-0.05, 0) is 25.0 Å². The number of hydrogen-bond donors (Lipinski definition) is 1. The van der Waals surface area contributed by atoms with E-state index in [4.69, 9.17) is 0 Å². The van der Waals surface area contributed by atoms with Crippen LogP contribution in [0.2, 0.25) is 0 Å². The molecule has 0 aliphatic heterocycles. The van der Waals surface area contributed by atoms with Gasteiger partial charge in [-0.1, -0.05) is 19.3 Å². The van der Waals surface area contributed by atoms with Gasteiger partial charge in [0, 0.05) is 23.4 Å². The van der Waals surface area contributed by atoms with Gasteiger partial charge in [-0.2, -0.15) is 5.10 Å². The lowest BCUT2D eigenvalue weighted by molar-refractivity contribution is 0.329. The van der Waals surface area contributed by atoms with Crippen LogP contribution in [-0.2, 0) is 0 Å². The van der Waals surface area contributed by atoms with Gasteiger partial charge in [0.15, 0.2) is 0 Å². The Morgan fingerprint density at radius 1 is 1.21 bits per heavy atom. The molecule has 0 unspecified atom stereocenters. The third-order valence-electron chi connectivity index (χ3n) is 3.82. The molecule has 0 spiro atoms. The first-order valence-electron chi connectivity index (χ1n) is 6.77. The molecule has 2 aromatic rings. The standard InChI is InChI=1S/C15H17FN2O/c16-12-6-7-14(15(19)8-12)11-9-17-18(10-11)13-4-2-1-3-5-13/h6-10,13,19H,1-5H2. The third kappa shape index (κ3) is 2.48. The summed E-state index contributed by atoms with van der Waals surface area (Å²) in [5.41, 5.74) is 1.46. The molecule has 1 saturated carbocycles. The van der Waals surface area contributed by atoms with Gasteiger partial charge in [-0.3, -0.25) is 4.68 Å². The maximum atomic E-state index is 13.0. The Bertz CT molecular complexity index is 573. The summed E-state index contributed by atoms with van der Waals surface area (Å²) >= 11 is 0. The van der Waals surface area contributed by atoms with E-state index < -0.39 is 5.82 Å². The molecule has 1 aromatic carbocycles. The number of phenols is 1. The first kappa shape index (κ1) is 12.2. The van der Waals surface area contributed by atoms with E-state index in [1.165, 1.54) is 25.3 Å². The van der Waals surface area contributed by atoms with Gasteiger partial charge in [0.25, 0.3) is 0 Å². The zero-order valence-electron chi connectivity index (χ0n) is 10.7. The molecule has 1 N–H and O–H groups in total. The van der Waals surface area contributed by atoms with Crippen LogP contribution in [-0.4, -0.2) is 14.9 Å². The molecule has 0 atom stereocenters. The quantitative estimate of drug-likeness (QED) is 0.889. The summed E-state index contributed by atoms with van der Waals surface area (Å²) in [4.78, 5) is 0. The molecule has 1 fully saturated rings. The van der Waals surface area contributed by atoms with Crippen LogP contribution in [0.5, 0.6) is 5.75 Å². The molecule has 1 aromatic heterocycles. The highest BCUT2D eigenvalue weighted by molar-refractivity contribution is 5.68. The SMILES string of the molecule is Oc1cc(F)ccc1-c1cnn(C2CCCCC2)c1. The number of phenolic OH excluding ortho intramolecular Hbond substituents is 1. The van der Waals surface area contributed by atoms with E-state index in [1.807, 2.05) is 10.9 Å². The molecular formula is C15H17FN2O. The summed E-state index contributed by atoms with van der Waals surface area (Å²) in [6, 6.07) is 4.54. The van der Waals surface area contributed by atoms with Crippen molar-refractivity contribution >= 4 is 0 Å². The Morgan fingerprint density at radius 2 is 2.00 bits per heavy atom. The zero-order chi connectivity index (χ0) is 13.2. The van der Waals surface area contributed by atoms with Gasteiger partial charge in [-0.15, -0.1) is 0 Å². The maximum Gasteiger partial charge on any atom is 0.126 e. The lowest BCUT2D eigenvalue weighted by atomic mass is 9.96. The van der Waals surface area contributed by atoms with E-state index in [0.717, 1.165) is 24.5 Å². The Morgan fingerprint density at radius 3 is 2.74 bits per heavy atom. The van der Waals surface area contributed by atoms with Crippen molar-refractivity contribution in [3.8, 4) is 16.9 Å². The fourth-order valence-electron chi connectivity index (χ4n) is 2.77. The fraction of sp³-hybridized carbons (Fsp3) is 0.400. The van der Waals surface area contributed by atoms with Crippen molar-refractivity contribution in [2.24, 2.45) is 0 Å². The molecule has 0 radical (unpaired) electrons. The highest BCUT2D eigenvalue weighted by atomic mass is 19.1. The molecular weight excluding hydrogens is 243 g/mol. The van der Waals surface area contributed by atoms with E-state index in [1.54, 1.807) is 12.3 Å². The number of hydrogen-bond acceptors (Lipinski definition) is 2. The maximum absolute atomic E-state index is 13.0. The molecule has 1 aliphatic carbocycles. The predicted octanol–water partition coefficient (Wildman–Crippen LogP) is 3.90. The molecule has 0 saturated heterocycles. The number of nitrogens with zero attached hydrogens (tertiary/aromatic N) is 2. The number of benzene rings is 1. The van der Waals surface area contributed by atoms with E-state index in [9.17, 15) is 9.50 Å². The average molecular weight is 260 g/mol. The largest absolute Gasteiger partial charge is 0.507 e. The normalized spacial score (nSPS) is 16.7. The molecule has 100 valence electrons. The molecule has 1 heterocycles. The van der Waals surface area contributed by atoms with Gasteiger partial charge in [-0.25, -0.2) is 4.39 Å². The van der Waals surface area contributed by atoms with Crippen LogP contribution in [0.4, 0.5) is 4.39 Å². The number of rotatable bonds is 2. The second-order valence-corrected chi connectivity index (χ2v) is 5.16. The van der Waals surface area contributed by atoms with Crippen molar-refractivity contribution in [3.63, 3.8) is 0 Å². The smallest absolute Gasteiger partial charge is 0.126 e. The van der Waals surface area contributed by atoms with Gasteiger partial charge in [0.1, 0.15) is 11.6 Å². The highest BCUT2D eigenvalue weighted by Gasteiger charge is 2.17. The highest BCUT2D eigenvalue weighted by Crippen LogP contribution is 2.32. The number of aromatic nitrogens is 2. The van der Waals surface area contributed by atoms with Crippen LogP contribution >= 0.6 is 0 Å². The van der Waals surface area contributed by atoms with Crippen molar-refractivity contribution in [1.82, 2.24) is 9.78 Å². The van der Waals surface area contributed by atoms with E-state index in [-0.39, 0.29) is 5.75 Å². The molecule has 19 heavy (non-hydrogen) atoms. The van der Waals surface area contributed by atoms with Crippen LogP contribution in [0.3, 0.4) is 0 Å². The second kappa shape index (κ2) is 5.03. The Labute approximate surface area is 111 Å². The summed E-state index contributed by atoms with van der Waals surface area (Å²) in [5, 5.41) is 14.2. The van der Waals surface area contributed by atoms with Gasteiger partial charge in [0.2, 0.25) is 0 Å². The zero-order valence-corrected chi connectivity index (χ0v) is 10.7. The third-order valence-corrected chi connectivity index (χ3v) is 3.82. The van der Waals surface area contributed by atoms with Crippen LogP contribution in [0, 0.1) is 5.82 Å². The first-order chi connectivity index (χ1) is 9.24. The molecule has 3 nitrogen and oxygen atoms in total. The van der Waals surface area contributed by atoms with E-state index >= 15 is 0 Å². The minimum absolute atomic E-state index is 0.0387. The van der Waals surface area contributed by atoms with E-state index in [2.05, 4.69) is 5.10 Å². The summed E-state index contributed by atoms with van der Waals surface area (Å²) in [7, 11) is 0. The minimum Gasteiger partial charge on any atom is -0.507 e. The van der Waals surface area contributed by atoms with Gasteiger partial charge in [0.05, 0.1) is 12.2 Å². The Balaban J connectivity index is 1.87. The molecule has 4 heteroatoms. The van der Waals surface area contributed by atoms with Crippen LogP contribution < -0.4 is 0 Å². The van der Waals surface area contributed by atoms with Gasteiger partial charge >= 0.3 is 0 Å². The summed E-state index contributed by atoms with van der Waals surface area (Å²) in [6.07, 6.45) is 9.82. The van der Waals surface area contributed by atoms with E-state index in [0.29, 0.717) is 11.6 Å². The number of aromatic hydroxyl groups is 1. The van der Waals surface area contributed by atoms with Crippen molar-refractivity contribution in [2.75, 3.05) is 0 Å². The summed E-state index contributed by atoms with van der Waals surface area (Å²) in [5.74, 6) is -0.468. The Kier molecular flexibility index (Phi) is 3.23. The van der Waals surface area contributed by atoms with Crippen LogP contribution in [0.15, 0.2) is 30.6 Å². The van der Waals surface area contributed by atoms with Crippen LogP contribution in [0.25, 0.3) is 11.1 Å². The van der Waals surface area contributed by atoms with Crippen molar-refractivity contribution in [2.45, 2.75) is 38.1 Å². The first-order valence-corrected chi connectivity index (χ1v) is 6.77. The van der Waals surface area contributed by atoms with Crippen LogP contribution in [0.1, 0.15) is 38.1 Å².